The fourth-order valence-electron chi connectivity index (χ4n) is 4.16. The van der Waals surface area contributed by atoms with Crippen LogP contribution >= 0.6 is 0 Å². The molecular formula is C29H43N3O3. The largest absolute Gasteiger partial charge is 0.490 e. The Labute approximate surface area is 211 Å². The molecule has 192 valence electrons. The minimum Gasteiger partial charge on any atom is -0.490 e. The number of pyridine rings is 1. The van der Waals surface area contributed by atoms with Gasteiger partial charge in [-0.15, -0.1) is 0 Å². The van der Waals surface area contributed by atoms with Gasteiger partial charge >= 0.3 is 6.09 Å². The minimum atomic E-state index is -0.487. The Balaban J connectivity index is 1.51. The molecule has 2 unspecified atom stereocenters. The van der Waals surface area contributed by atoms with Crippen LogP contribution in [0.1, 0.15) is 68.8 Å². The molecule has 1 aromatic heterocycles. The molecule has 1 amide bonds. The van der Waals surface area contributed by atoms with Crippen LogP contribution in [0.25, 0.3) is 0 Å². The van der Waals surface area contributed by atoms with Crippen LogP contribution in [-0.4, -0.2) is 66.3 Å². The van der Waals surface area contributed by atoms with Crippen molar-refractivity contribution in [2.45, 2.75) is 77.9 Å². The van der Waals surface area contributed by atoms with Crippen LogP contribution in [0.2, 0.25) is 0 Å². The van der Waals surface area contributed by atoms with Crippen molar-refractivity contribution in [3.63, 3.8) is 0 Å². The Morgan fingerprint density at radius 2 is 1.91 bits per heavy atom. The van der Waals surface area contributed by atoms with E-state index in [0.717, 1.165) is 50.2 Å². The second kappa shape index (κ2) is 11.9. The van der Waals surface area contributed by atoms with Crippen molar-refractivity contribution in [1.29, 1.82) is 0 Å². The topological polar surface area (TPSA) is 54.9 Å². The van der Waals surface area contributed by atoms with Crippen molar-refractivity contribution in [2.24, 2.45) is 0 Å². The minimum absolute atomic E-state index is 0.0512. The van der Waals surface area contributed by atoms with E-state index in [1.807, 2.05) is 20.8 Å². The lowest BCUT2D eigenvalue weighted by molar-refractivity contribution is -0.0141. The molecule has 2 heterocycles. The van der Waals surface area contributed by atoms with Crippen molar-refractivity contribution in [3.05, 3.63) is 58.9 Å². The third-order valence-corrected chi connectivity index (χ3v) is 6.62. The monoisotopic (exact) mass is 481 g/mol. The van der Waals surface area contributed by atoms with Crippen LogP contribution in [0.3, 0.4) is 0 Å². The summed E-state index contributed by atoms with van der Waals surface area (Å²) in [5.74, 6) is 1.23. The van der Waals surface area contributed by atoms with Crippen LogP contribution in [0.5, 0.6) is 5.75 Å². The SMILES string of the molecule is Cc1ncc(OCC2CCN2C(=O)OC(C)(C)C)cc1CCC(C)c1ccc(CCN(C)C)cc1. The molecule has 1 aliphatic heterocycles. The van der Waals surface area contributed by atoms with Crippen molar-refractivity contribution in [1.82, 2.24) is 14.8 Å². The summed E-state index contributed by atoms with van der Waals surface area (Å²) in [6.45, 7) is 12.3. The number of aromatic nitrogens is 1. The quantitative estimate of drug-likeness (QED) is 0.441. The number of hydrogen-bond donors (Lipinski definition) is 0. The summed E-state index contributed by atoms with van der Waals surface area (Å²) in [4.78, 5) is 20.9. The Morgan fingerprint density at radius 1 is 1.20 bits per heavy atom. The van der Waals surface area contributed by atoms with E-state index in [1.54, 1.807) is 11.1 Å². The van der Waals surface area contributed by atoms with Crippen LogP contribution in [0.15, 0.2) is 36.5 Å². The highest BCUT2D eigenvalue weighted by atomic mass is 16.6. The smallest absolute Gasteiger partial charge is 0.410 e. The molecule has 0 N–H and O–H groups in total. The first-order chi connectivity index (χ1) is 16.5. The number of amides is 1. The predicted octanol–water partition coefficient (Wildman–Crippen LogP) is 5.62. The maximum absolute atomic E-state index is 12.3. The first-order valence-electron chi connectivity index (χ1n) is 12.8. The van der Waals surface area contributed by atoms with Gasteiger partial charge in [0.1, 0.15) is 18.0 Å². The number of carbonyl (C=O) groups excluding carboxylic acids is 1. The number of benzene rings is 1. The Bertz CT molecular complexity index is 966. The number of likely N-dealkylation sites (tertiary alicyclic amines) is 1. The molecule has 6 nitrogen and oxygen atoms in total. The van der Waals surface area contributed by atoms with E-state index in [9.17, 15) is 4.79 Å². The second-order valence-corrected chi connectivity index (χ2v) is 11.1. The van der Waals surface area contributed by atoms with Crippen molar-refractivity contribution < 1.29 is 14.3 Å². The molecule has 0 bridgehead atoms. The summed E-state index contributed by atoms with van der Waals surface area (Å²) in [6, 6.07) is 11.2. The number of likely N-dealkylation sites (N-methyl/N-ethyl adjacent to an activating group) is 1. The maximum atomic E-state index is 12.3. The molecule has 35 heavy (non-hydrogen) atoms. The van der Waals surface area contributed by atoms with E-state index in [0.29, 0.717) is 12.5 Å². The van der Waals surface area contributed by atoms with E-state index < -0.39 is 5.60 Å². The van der Waals surface area contributed by atoms with E-state index in [-0.39, 0.29) is 12.1 Å². The summed E-state index contributed by atoms with van der Waals surface area (Å²) in [7, 11) is 4.22. The van der Waals surface area contributed by atoms with Gasteiger partial charge in [0, 0.05) is 18.8 Å². The van der Waals surface area contributed by atoms with Gasteiger partial charge in [0.25, 0.3) is 0 Å². The van der Waals surface area contributed by atoms with Gasteiger partial charge in [-0.05, 0) is 96.1 Å². The highest BCUT2D eigenvalue weighted by Crippen LogP contribution is 2.26. The molecule has 1 aliphatic rings. The number of aryl methyl sites for hydroxylation is 2. The summed E-state index contributed by atoms with van der Waals surface area (Å²) >= 11 is 0. The average Bonchev–Trinajstić information content (AvgIpc) is 2.76. The van der Waals surface area contributed by atoms with Gasteiger partial charge in [-0.1, -0.05) is 31.2 Å². The normalized spacial score (nSPS) is 16.7. The van der Waals surface area contributed by atoms with Gasteiger partial charge in [-0.3, -0.25) is 4.98 Å². The van der Waals surface area contributed by atoms with Crippen LogP contribution < -0.4 is 4.74 Å². The highest BCUT2D eigenvalue weighted by Gasteiger charge is 2.35. The van der Waals surface area contributed by atoms with E-state index >= 15 is 0 Å². The Morgan fingerprint density at radius 3 is 2.51 bits per heavy atom. The first kappa shape index (κ1) is 27.0. The molecule has 1 saturated heterocycles. The molecule has 0 radical (unpaired) electrons. The zero-order valence-electron chi connectivity index (χ0n) is 22.6. The zero-order chi connectivity index (χ0) is 25.6. The molecule has 1 fully saturated rings. The Kier molecular flexibility index (Phi) is 9.17. The summed E-state index contributed by atoms with van der Waals surface area (Å²) in [5, 5.41) is 0. The van der Waals surface area contributed by atoms with E-state index in [2.05, 4.69) is 68.2 Å². The molecule has 2 atom stereocenters. The van der Waals surface area contributed by atoms with Gasteiger partial charge in [0.05, 0.1) is 12.2 Å². The lowest BCUT2D eigenvalue weighted by Gasteiger charge is -2.41. The number of nitrogens with zero attached hydrogens (tertiary/aromatic N) is 3. The summed E-state index contributed by atoms with van der Waals surface area (Å²) in [5.41, 5.74) is 4.54. The molecule has 3 rings (SSSR count). The van der Waals surface area contributed by atoms with Gasteiger partial charge in [-0.2, -0.15) is 0 Å². The second-order valence-electron chi connectivity index (χ2n) is 11.1. The number of ether oxygens (including phenoxy) is 2. The number of hydrogen-bond acceptors (Lipinski definition) is 5. The average molecular weight is 482 g/mol. The number of carbonyl (C=O) groups is 1. The first-order valence-corrected chi connectivity index (χ1v) is 12.8. The highest BCUT2D eigenvalue weighted by molar-refractivity contribution is 5.69. The van der Waals surface area contributed by atoms with Crippen molar-refractivity contribution in [3.8, 4) is 5.75 Å². The molecule has 0 spiro atoms. The molecular weight excluding hydrogens is 438 g/mol. The lowest BCUT2D eigenvalue weighted by atomic mass is 9.93. The fourth-order valence-corrected chi connectivity index (χ4v) is 4.16. The van der Waals surface area contributed by atoms with Crippen LogP contribution in [-0.2, 0) is 17.6 Å². The zero-order valence-corrected chi connectivity index (χ0v) is 22.6. The van der Waals surface area contributed by atoms with Gasteiger partial charge in [0.2, 0.25) is 0 Å². The van der Waals surface area contributed by atoms with E-state index in [4.69, 9.17) is 9.47 Å². The van der Waals surface area contributed by atoms with Crippen LogP contribution in [0, 0.1) is 6.92 Å². The summed E-state index contributed by atoms with van der Waals surface area (Å²) < 4.78 is 11.5. The molecule has 0 aliphatic carbocycles. The lowest BCUT2D eigenvalue weighted by Crippen LogP contribution is -2.55. The molecule has 2 aromatic rings. The molecule has 6 heteroatoms. The maximum Gasteiger partial charge on any atom is 0.410 e. The summed E-state index contributed by atoms with van der Waals surface area (Å²) in [6.07, 6.45) is 5.53. The Hall–Kier alpha value is -2.60. The predicted molar refractivity (Wildman–Crippen MR) is 141 cm³/mol. The number of rotatable bonds is 10. The van der Waals surface area contributed by atoms with E-state index in [1.165, 1.54) is 16.7 Å². The molecule has 1 aromatic carbocycles. The van der Waals surface area contributed by atoms with Crippen LogP contribution in [0.4, 0.5) is 4.79 Å². The van der Waals surface area contributed by atoms with Gasteiger partial charge in [-0.25, -0.2) is 4.79 Å². The van der Waals surface area contributed by atoms with Crippen molar-refractivity contribution in [2.75, 3.05) is 33.8 Å². The third kappa shape index (κ3) is 8.24. The van der Waals surface area contributed by atoms with Gasteiger partial charge < -0.3 is 19.3 Å². The standard InChI is InChI=1S/C29H43N3O3/c1-21(24-12-9-23(10-13-24)14-16-31(6)7)8-11-25-18-27(19-30-22(25)2)34-20-26-15-17-32(26)28(33)35-29(3,4)5/h9-10,12-13,18-19,21,26H,8,11,14-17,20H2,1-7H3. The third-order valence-electron chi connectivity index (χ3n) is 6.62. The van der Waals surface area contributed by atoms with Gasteiger partial charge in [0.15, 0.2) is 0 Å². The molecule has 0 saturated carbocycles. The van der Waals surface area contributed by atoms with Crippen molar-refractivity contribution >= 4 is 6.09 Å². The fraction of sp³-hybridized carbons (Fsp3) is 0.586.